The van der Waals surface area contributed by atoms with E-state index in [1.165, 1.54) is 0 Å². The van der Waals surface area contributed by atoms with Crippen molar-refractivity contribution < 1.29 is 24.9 Å². The summed E-state index contributed by atoms with van der Waals surface area (Å²) in [7, 11) is 0. The summed E-state index contributed by atoms with van der Waals surface area (Å²) in [6, 6.07) is 0. The van der Waals surface area contributed by atoms with E-state index in [1.807, 2.05) is 6.92 Å². The van der Waals surface area contributed by atoms with Gasteiger partial charge in [0.25, 0.3) is 0 Å². The minimum atomic E-state index is -1.70. The summed E-state index contributed by atoms with van der Waals surface area (Å²) in [5.41, 5.74) is 0.663. The van der Waals surface area contributed by atoms with Crippen LogP contribution in [0.15, 0.2) is 11.1 Å². The van der Waals surface area contributed by atoms with E-state index in [9.17, 15) is 20.1 Å². The van der Waals surface area contributed by atoms with Crippen LogP contribution in [0.4, 0.5) is 0 Å². The molecule has 3 fully saturated rings. The van der Waals surface area contributed by atoms with Crippen molar-refractivity contribution in [3.05, 3.63) is 11.1 Å². The van der Waals surface area contributed by atoms with Crippen molar-refractivity contribution in [3.63, 3.8) is 0 Å². The van der Waals surface area contributed by atoms with Crippen molar-refractivity contribution in [2.75, 3.05) is 6.61 Å². The van der Waals surface area contributed by atoms with Gasteiger partial charge in [-0.15, -0.1) is 0 Å². The van der Waals surface area contributed by atoms with E-state index < -0.39 is 23.4 Å². The Balaban J connectivity index is 1.79. The molecule has 0 aromatic carbocycles. The molecule has 6 rings (SSSR count). The molecular formula is C20H28O5. The van der Waals surface area contributed by atoms with Gasteiger partial charge in [-0.25, -0.2) is 0 Å². The normalized spacial score (nSPS) is 56.0. The summed E-state index contributed by atoms with van der Waals surface area (Å²) >= 11 is 0. The van der Waals surface area contributed by atoms with Gasteiger partial charge in [0.15, 0.2) is 0 Å². The van der Waals surface area contributed by atoms with Gasteiger partial charge in [0.2, 0.25) is 5.79 Å². The molecule has 0 aromatic heterocycles. The second-order valence-electron chi connectivity index (χ2n) is 9.83. The monoisotopic (exact) mass is 348 g/mol. The number of carbonyl (C=O) groups excluding carboxylic acids is 1. The Hall–Kier alpha value is -0.750. The quantitative estimate of drug-likeness (QED) is 0.576. The van der Waals surface area contributed by atoms with Crippen molar-refractivity contribution in [1.82, 2.24) is 0 Å². The molecule has 0 radical (unpaired) electrons. The van der Waals surface area contributed by atoms with Gasteiger partial charge in [-0.2, -0.15) is 0 Å². The van der Waals surface area contributed by atoms with E-state index in [0.717, 1.165) is 18.4 Å². The molecule has 8 atom stereocenters. The highest BCUT2D eigenvalue weighted by Crippen LogP contribution is 2.69. The fraction of sp³-hybridized carbons (Fsp3) is 0.850. The lowest BCUT2D eigenvalue weighted by atomic mass is 9.43. The number of fused-ring (bicyclic) bond motifs is 3. The van der Waals surface area contributed by atoms with E-state index >= 15 is 0 Å². The molecule has 6 aliphatic rings. The number of ether oxygens (including phenoxy) is 1. The van der Waals surface area contributed by atoms with Crippen molar-refractivity contribution in [3.8, 4) is 0 Å². The Kier molecular flexibility index (Phi) is 2.99. The second-order valence-corrected chi connectivity index (χ2v) is 9.83. The number of carbonyl (C=O) groups is 1. The van der Waals surface area contributed by atoms with Crippen LogP contribution in [0.25, 0.3) is 0 Å². The van der Waals surface area contributed by atoms with Gasteiger partial charge < -0.3 is 20.1 Å². The number of hydrogen-bond acceptors (Lipinski definition) is 5. The SMILES string of the molecule is C[C@@H]1C(=O)[C@@H]2C[C@@H]1CC1=C2[C@@]23CO[C@@]1(O)[C@@H](O)[C@@H]2C(C)(C)CC[C@@H]3O. The van der Waals surface area contributed by atoms with E-state index in [-0.39, 0.29) is 41.5 Å². The minimum Gasteiger partial charge on any atom is -0.392 e. The Labute approximate surface area is 148 Å². The standard InChI is InChI=1S/C20H28O5/c1-9-10-6-11(15(9)22)14-12(7-10)20(24)17(23)16-18(2,3)5-4-13(21)19(14,16)8-25-20/h9-11,13,16-17,21,23-24H,4-8H2,1-3H3/t9-,10+,11+,13-,16+,17-,19-,20+/m0/s1. The number of aliphatic hydroxyl groups is 3. The highest BCUT2D eigenvalue weighted by atomic mass is 16.6. The molecule has 0 aromatic rings. The van der Waals surface area contributed by atoms with Crippen LogP contribution in [-0.4, -0.2) is 45.7 Å². The van der Waals surface area contributed by atoms with E-state index in [1.54, 1.807) is 0 Å². The summed E-state index contributed by atoms with van der Waals surface area (Å²) < 4.78 is 5.84. The first-order chi connectivity index (χ1) is 11.6. The van der Waals surface area contributed by atoms with Gasteiger partial charge in [0.1, 0.15) is 11.9 Å². The first kappa shape index (κ1) is 16.4. The molecule has 0 amide bonds. The van der Waals surface area contributed by atoms with Gasteiger partial charge in [-0.3, -0.25) is 4.79 Å². The Morgan fingerprint density at radius 2 is 1.96 bits per heavy atom. The predicted octanol–water partition coefficient (Wildman–Crippen LogP) is 1.40. The maximum absolute atomic E-state index is 12.9. The number of aliphatic hydroxyl groups excluding tert-OH is 2. The zero-order chi connectivity index (χ0) is 17.9. The van der Waals surface area contributed by atoms with Crippen LogP contribution < -0.4 is 0 Å². The summed E-state index contributed by atoms with van der Waals surface area (Å²) in [6.45, 7) is 6.37. The molecule has 4 aliphatic carbocycles. The molecule has 2 heterocycles. The van der Waals surface area contributed by atoms with Crippen molar-refractivity contribution in [2.45, 2.75) is 64.4 Å². The Bertz CT molecular complexity index is 696. The minimum absolute atomic E-state index is 0.0284. The smallest absolute Gasteiger partial charge is 0.215 e. The second kappa shape index (κ2) is 4.56. The first-order valence-electron chi connectivity index (χ1n) is 9.65. The van der Waals surface area contributed by atoms with Crippen molar-refractivity contribution >= 4 is 5.78 Å². The van der Waals surface area contributed by atoms with E-state index in [4.69, 9.17) is 4.74 Å². The third-order valence-electron chi connectivity index (χ3n) is 8.41. The number of hydrogen-bond donors (Lipinski definition) is 3. The van der Waals surface area contributed by atoms with Crippen LogP contribution in [0.5, 0.6) is 0 Å². The Morgan fingerprint density at radius 3 is 2.68 bits per heavy atom. The lowest BCUT2D eigenvalue weighted by Gasteiger charge is -2.67. The maximum atomic E-state index is 12.9. The molecule has 2 saturated carbocycles. The number of rotatable bonds is 0. The highest BCUT2D eigenvalue weighted by Gasteiger charge is 2.73. The van der Waals surface area contributed by atoms with Gasteiger partial charge >= 0.3 is 0 Å². The maximum Gasteiger partial charge on any atom is 0.215 e. The lowest BCUT2D eigenvalue weighted by Crippen LogP contribution is -2.74. The fourth-order valence-electron chi connectivity index (χ4n) is 7.17. The average Bonchev–Trinajstić information content (AvgIpc) is 2.78. The molecule has 138 valence electrons. The van der Waals surface area contributed by atoms with Crippen LogP contribution >= 0.6 is 0 Å². The number of ketones is 1. The van der Waals surface area contributed by atoms with Crippen LogP contribution in [0, 0.1) is 34.5 Å². The molecular weight excluding hydrogens is 320 g/mol. The molecule has 1 saturated heterocycles. The van der Waals surface area contributed by atoms with Crippen LogP contribution in [0.3, 0.4) is 0 Å². The van der Waals surface area contributed by atoms with Crippen molar-refractivity contribution in [2.24, 2.45) is 34.5 Å². The molecule has 3 N–H and O–H groups in total. The summed E-state index contributed by atoms with van der Waals surface area (Å²) in [6.07, 6.45) is 1.12. The molecule has 2 aliphatic heterocycles. The average molecular weight is 348 g/mol. The van der Waals surface area contributed by atoms with E-state index in [0.29, 0.717) is 18.4 Å². The Morgan fingerprint density at radius 1 is 1.24 bits per heavy atom. The predicted molar refractivity (Wildman–Crippen MR) is 89.3 cm³/mol. The van der Waals surface area contributed by atoms with Crippen LogP contribution in [0.1, 0.15) is 46.5 Å². The highest BCUT2D eigenvalue weighted by molar-refractivity contribution is 5.90. The van der Waals surface area contributed by atoms with Gasteiger partial charge in [0.05, 0.1) is 12.7 Å². The van der Waals surface area contributed by atoms with E-state index in [2.05, 4.69) is 13.8 Å². The molecule has 5 heteroatoms. The van der Waals surface area contributed by atoms with Gasteiger partial charge in [0, 0.05) is 23.2 Å². The third kappa shape index (κ3) is 1.63. The summed E-state index contributed by atoms with van der Waals surface area (Å²) in [4.78, 5) is 12.9. The van der Waals surface area contributed by atoms with Crippen molar-refractivity contribution in [1.29, 1.82) is 0 Å². The fourth-order valence-corrected chi connectivity index (χ4v) is 7.17. The lowest BCUT2D eigenvalue weighted by molar-refractivity contribution is -0.346. The molecule has 25 heavy (non-hydrogen) atoms. The molecule has 1 spiro atoms. The summed E-state index contributed by atoms with van der Waals surface area (Å²) in [5.74, 6) is -1.81. The van der Waals surface area contributed by atoms with Gasteiger partial charge in [-0.1, -0.05) is 20.8 Å². The molecule has 4 bridgehead atoms. The molecule has 5 nitrogen and oxygen atoms in total. The summed E-state index contributed by atoms with van der Waals surface area (Å²) in [5, 5.41) is 33.6. The molecule has 0 unspecified atom stereocenters. The first-order valence-corrected chi connectivity index (χ1v) is 9.65. The zero-order valence-electron chi connectivity index (χ0n) is 15.2. The third-order valence-corrected chi connectivity index (χ3v) is 8.41. The number of Topliss-reactive ketones (excluding diaryl/α,β-unsaturated/α-hetero) is 1. The van der Waals surface area contributed by atoms with Crippen LogP contribution in [0.2, 0.25) is 0 Å². The zero-order valence-corrected chi connectivity index (χ0v) is 15.2. The van der Waals surface area contributed by atoms with Gasteiger partial charge in [-0.05, 0) is 48.2 Å². The largest absolute Gasteiger partial charge is 0.392 e. The topological polar surface area (TPSA) is 87.0 Å². The van der Waals surface area contributed by atoms with Crippen LogP contribution in [-0.2, 0) is 9.53 Å².